The number of benzene rings is 3. The maximum absolute atomic E-state index is 13.2. The van der Waals surface area contributed by atoms with Crippen LogP contribution in [0, 0.1) is 0 Å². The molecule has 1 aliphatic heterocycles. The number of nitrogens with zero attached hydrogens (tertiary/aromatic N) is 4. The molecule has 2 aromatic heterocycles. The quantitative estimate of drug-likeness (QED) is 0.114. The average molecular weight is 675 g/mol. The highest BCUT2D eigenvalue weighted by Crippen LogP contribution is 2.42. The maximum atomic E-state index is 13.2. The van der Waals surface area contributed by atoms with Crippen LogP contribution in [0.15, 0.2) is 60.8 Å². The Morgan fingerprint density at radius 3 is 2.36 bits per heavy atom. The van der Waals surface area contributed by atoms with Gasteiger partial charge in [0.1, 0.15) is 24.0 Å². The molecular formula is C41H50N6O3. The number of ether oxygens (including phenoxy) is 1. The molecule has 0 radical (unpaired) electrons. The van der Waals surface area contributed by atoms with Crippen LogP contribution >= 0.6 is 0 Å². The van der Waals surface area contributed by atoms with Crippen molar-refractivity contribution in [3.8, 4) is 28.1 Å². The van der Waals surface area contributed by atoms with Crippen LogP contribution in [0.25, 0.3) is 44.2 Å². The zero-order valence-electron chi connectivity index (χ0n) is 30.4. The fourth-order valence-corrected chi connectivity index (χ4v) is 6.72. The highest BCUT2D eigenvalue weighted by Gasteiger charge is 2.24. The van der Waals surface area contributed by atoms with Gasteiger partial charge in [-0.2, -0.15) is 0 Å². The molecular weight excluding hydrogens is 624 g/mol. The van der Waals surface area contributed by atoms with Crippen LogP contribution in [0.1, 0.15) is 97.3 Å². The molecule has 9 heteroatoms. The highest BCUT2D eigenvalue weighted by atomic mass is 16.5. The minimum absolute atomic E-state index is 0.0842. The third-order valence-corrected chi connectivity index (χ3v) is 10.2. The standard InChI is InChI=1S/C41H50N6O3/c1-8-12-39(48)46(26(6)10-3)22-37-42-21-35(44-37)29-13-15-31-30(18-29)24-50-36-20-32-28(19-33(31)36)14-16-34-41(32)45-38(43-34)23-47(27(7)11-4)40(49)17-25(5)9-2/h13-16,18-21,26-27H,5,8-12,17,22-24H2,1-4,6-7H3,(H,42,44)(H,43,45)/t26-,27-/m0/s1. The van der Waals surface area contributed by atoms with Gasteiger partial charge in [-0.3, -0.25) is 9.59 Å². The van der Waals surface area contributed by atoms with Gasteiger partial charge < -0.3 is 24.5 Å². The minimum atomic E-state index is 0.0842. The molecule has 3 heterocycles. The second-order valence-corrected chi connectivity index (χ2v) is 13.7. The molecule has 3 aromatic carbocycles. The summed E-state index contributed by atoms with van der Waals surface area (Å²) in [5, 5.41) is 2.12. The van der Waals surface area contributed by atoms with Gasteiger partial charge >= 0.3 is 0 Å². The fraction of sp³-hybridized carbons (Fsp3) is 0.415. The van der Waals surface area contributed by atoms with E-state index in [-0.39, 0.29) is 23.9 Å². The molecule has 1 aliphatic rings. The lowest BCUT2D eigenvalue weighted by Gasteiger charge is -2.28. The molecule has 9 nitrogen and oxygen atoms in total. The molecule has 0 saturated heterocycles. The number of carbonyl (C=O) groups excluding carboxylic acids is 2. The Balaban J connectivity index is 1.26. The van der Waals surface area contributed by atoms with Crippen molar-refractivity contribution in [2.45, 2.75) is 112 Å². The molecule has 0 aliphatic carbocycles. The molecule has 0 unspecified atom stereocenters. The zero-order valence-corrected chi connectivity index (χ0v) is 30.4. The first-order valence-electron chi connectivity index (χ1n) is 18.1. The summed E-state index contributed by atoms with van der Waals surface area (Å²) in [6.45, 7) is 17.8. The van der Waals surface area contributed by atoms with Crippen molar-refractivity contribution in [2.24, 2.45) is 0 Å². The Morgan fingerprint density at radius 2 is 1.64 bits per heavy atom. The summed E-state index contributed by atoms with van der Waals surface area (Å²) in [6.07, 6.45) is 6.14. The van der Waals surface area contributed by atoms with Crippen molar-refractivity contribution in [1.82, 2.24) is 29.7 Å². The second-order valence-electron chi connectivity index (χ2n) is 13.7. The normalized spacial score (nSPS) is 13.4. The van der Waals surface area contributed by atoms with E-state index in [9.17, 15) is 9.59 Å². The van der Waals surface area contributed by atoms with Crippen molar-refractivity contribution in [2.75, 3.05) is 0 Å². The monoisotopic (exact) mass is 674 g/mol. The van der Waals surface area contributed by atoms with Crippen molar-refractivity contribution in [3.63, 3.8) is 0 Å². The lowest BCUT2D eigenvalue weighted by molar-refractivity contribution is -0.134. The first kappa shape index (κ1) is 34.9. The number of hydrogen-bond acceptors (Lipinski definition) is 5. The first-order valence-corrected chi connectivity index (χ1v) is 18.1. The number of imidazole rings is 2. The summed E-state index contributed by atoms with van der Waals surface area (Å²) in [5.41, 5.74) is 8.00. The predicted molar refractivity (Wildman–Crippen MR) is 201 cm³/mol. The van der Waals surface area contributed by atoms with Crippen LogP contribution in [0.4, 0.5) is 0 Å². The van der Waals surface area contributed by atoms with E-state index in [0.29, 0.717) is 32.5 Å². The molecule has 0 spiro atoms. The fourth-order valence-electron chi connectivity index (χ4n) is 6.72. The lowest BCUT2D eigenvalue weighted by atomic mass is 9.92. The third-order valence-electron chi connectivity index (χ3n) is 10.2. The molecule has 50 heavy (non-hydrogen) atoms. The van der Waals surface area contributed by atoms with Crippen molar-refractivity contribution < 1.29 is 14.3 Å². The third kappa shape index (κ3) is 7.04. The van der Waals surface area contributed by atoms with Gasteiger partial charge in [-0.1, -0.05) is 58.0 Å². The minimum Gasteiger partial charge on any atom is -0.488 e. The van der Waals surface area contributed by atoms with E-state index in [1.165, 1.54) is 0 Å². The van der Waals surface area contributed by atoms with E-state index in [1.54, 1.807) is 0 Å². The smallest absolute Gasteiger partial charge is 0.227 e. The van der Waals surface area contributed by atoms with Gasteiger partial charge in [-0.25, -0.2) is 9.97 Å². The van der Waals surface area contributed by atoms with Gasteiger partial charge in [-0.05, 0) is 85.9 Å². The van der Waals surface area contributed by atoms with Gasteiger partial charge in [0.05, 0.1) is 36.0 Å². The number of hydrogen-bond donors (Lipinski definition) is 2. The predicted octanol–water partition coefficient (Wildman–Crippen LogP) is 9.08. The van der Waals surface area contributed by atoms with Crippen molar-refractivity contribution in [1.29, 1.82) is 0 Å². The largest absolute Gasteiger partial charge is 0.488 e. The number of carbonyl (C=O) groups is 2. The molecule has 0 fully saturated rings. The summed E-state index contributed by atoms with van der Waals surface area (Å²) in [4.78, 5) is 46.4. The summed E-state index contributed by atoms with van der Waals surface area (Å²) < 4.78 is 6.37. The van der Waals surface area contributed by atoms with E-state index in [4.69, 9.17) is 9.72 Å². The van der Waals surface area contributed by atoms with Crippen LogP contribution in [0.2, 0.25) is 0 Å². The molecule has 0 saturated carbocycles. The SMILES string of the molecule is C=C(CC)CC(=O)N(Cc1nc2ccc3cc4c(cc3c2[nH]1)OCc1cc(-c2cnc(CN(C(=O)CCC)[C@@H](C)CC)[nH]2)ccc1-4)[C@@H](C)CC. The van der Waals surface area contributed by atoms with Crippen LogP contribution in [0.3, 0.4) is 0 Å². The number of rotatable bonds is 14. The van der Waals surface area contributed by atoms with E-state index in [1.807, 2.05) is 35.9 Å². The number of aromatic amines is 2. The van der Waals surface area contributed by atoms with Gasteiger partial charge in [0.15, 0.2) is 0 Å². The Labute approximate surface area is 295 Å². The summed E-state index contributed by atoms with van der Waals surface area (Å²) in [5.74, 6) is 2.63. The van der Waals surface area contributed by atoms with Gasteiger partial charge in [0.2, 0.25) is 11.8 Å². The van der Waals surface area contributed by atoms with Crippen LogP contribution < -0.4 is 4.74 Å². The topological polar surface area (TPSA) is 107 Å². The van der Waals surface area contributed by atoms with Gasteiger partial charge in [-0.15, -0.1) is 0 Å². The number of aromatic nitrogens is 4. The van der Waals surface area contributed by atoms with Gasteiger partial charge in [0.25, 0.3) is 0 Å². The Hall–Kier alpha value is -4.92. The number of nitrogens with one attached hydrogen (secondary N) is 2. The Morgan fingerprint density at radius 1 is 0.900 bits per heavy atom. The zero-order chi connectivity index (χ0) is 35.5. The molecule has 262 valence electrons. The average Bonchev–Trinajstić information content (AvgIpc) is 3.78. The summed E-state index contributed by atoms with van der Waals surface area (Å²) >= 11 is 0. The Bertz CT molecular complexity index is 2040. The summed E-state index contributed by atoms with van der Waals surface area (Å²) in [6, 6.07) is 15.1. The molecule has 2 amide bonds. The second kappa shape index (κ2) is 14.9. The van der Waals surface area contributed by atoms with E-state index < -0.39 is 0 Å². The van der Waals surface area contributed by atoms with Crippen molar-refractivity contribution >= 4 is 33.6 Å². The van der Waals surface area contributed by atoms with Crippen molar-refractivity contribution in [3.05, 3.63) is 78.0 Å². The first-order chi connectivity index (χ1) is 24.1. The van der Waals surface area contributed by atoms with E-state index >= 15 is 0 Å². The number of H-pyrrole nitrogens is 2. The molecule has 0 bridgehead atoms. The van der Waals surface area contributed by atoms with Crippen LogP contribution in [-0.4, -0.2) is 53.6 Å². The molecule has 2 N–H and O–H groups in total. The molecule has 2 atom stereocenters. The van der Waals surface area contributed by atoms with Gasteiger partial charge in [0, 0.05) is 35.9 Å². The van der Waals surface area contributed by atoms with Crippen LogP contribution in [-0.2, 0) is 29.3 Å². The molecule has 6 rings (SSSR count). The Kier molecular flexibility index (Phi) is 10.4. The molecule has 5 aromatic rings. The summed E-state index contributed by atoms with van der Waals surface area (Å²) in [7, 11) is 0. The van der Waals surface area contributed by atoms with Crippen LogP contribution in [0.5, 0.6) is 5.75 Å². The van der Waals surface area contributed by atoms with E-state index in [0.717, 1.165) is 98.4 Å². The van der Waals surface area contributed by atoms with E-state index in [2.05, 4.69) is 85.6 Å². The maximum Gasteiger partial charge on any atom is 0.227 e. The highest BCUT2D eigenvalue weighted by molar-refractivity contribution is 6.07. The number of fused-ring (bicyclic) bond motifs is 6. The number of amides is 2. The lowest BCUT2D eigenvalue weighted by Crippen LogP contribution is -2.38.